The van der Waals surface area contributed by atoms with Crippen LogP contribution < -0.4 is 15.5 Å². The summed E-state index contributed by atoms with van der Waals surface area (Å²) in [4.78, 5) is 14.1. The van der Waals surface area contributed by atoms with Crippen molar-refractivity contribution in [2.45, 2.75) is 39.5 Å². The Hall–Kier alpha value is -1.90. The average Bonchev–Trinajstić information content (AvgIpc) is 2.72. The largest absolute Gasteiger partial charge is 0.379 e. The molecule has 8 nitrogen and oxygen atoms in total. The van der Waals surface area contributed by atoms with E-state index in [1.807, 2.05) is 6.20 Å². The molecule has 1 aromatic heterocycles. The van der Waals surface area contributed by atoms with E-state index in [0.717, 1.165) is 76.4 Å². The van der Waals surface area contributed by atoms with Crippen molar-refractivity contribution < 1.29 is 9.47 Å². The number of morpholine rings is 2. The maximum absolute atomic E-state index is 5.81. The number of guanidine groups is 1. The Balaban J connectivity index is 1.49. The number of ether oxygens (including phenoxy) is 2. The molecular weight excluding hydrogens is 368 g/mol. The van der Waals surface area contributed by atoms with E-state index in [1.54, 1.807) is 0 Å². The lowest BCUT2D eigenvalue weighted by Crippen LogP contribution is -2.45. The molecule has 2 N–H and O–H groups in total. The van der Waals surface area contributed by atoms with Gasteiger partial charge in [-0.15, -0.1) is 0 Å². The van der Waals surface area contributed by atoms with Crippen LogP contribution in [0.5, 0.6) is 0 Å². The predicted octanol–water partition coefficient (Wildman–Crippen LogP) is 1.08. The van der Waals surface area contributed by atoms with Gasteiger partial charge in [0, 0.05) is 52.0 Å². The fourth-order valence-corrected chi connectivity index (χ4v) is 3.73. The molecule has 2 saturated heterocycles. The lowest BCUT2D eigenvalue weighted by Gasteiger charge is -2.36. The van der Waals surface area contributed by atoms with Crippen LogP contribution in [-0.2, 0) is 16.0 Å². The van der Waals surface area contributed by atoms with Gasteiger partial charge in [0.1, 0.15) is 5.82 Å². The first-order valence-corrected chi connectivity index (χ1v) is 10.8. The molecule has 1 aromatic rings. The number of pyridine rings is 1. The van der Waals surface area contributed by atoms with Crippen molar-refractivity contribution in [1.29, 1.82) is 0 Å². The minimum absolute atomic E-state index is 0.232. The minimum atomic E-state index is 0.232. The van der Waals surface area contributed by atoms with Crippen molar-refractivity contribution in [1.82, 2.24) is 20.5 Å². The van der Waals surface area contributed by atoms with Gasteiger partial charge in [-0.3, -0.25) is 4.90 Å². The SMILES string of the molecule is CCNC(=NCc1ccc(N2CC(C)OC(C)C2)nc1)NCCN1CCOCC1. The van der Waals surface area contributed by atoms with Gasteiger partial charge in [-0.25, -0.2) is 9.98 Å². The van der Waals surface area contributed by atoms with E-state index in [-0.39, 0.29) is 12.2 Å². The minimum Gasteiger partial charge on any atom is -0.379 e. The molecule has 29 heavy (non-hydrogen) atoms. The van der Waals surface area contributed by atoms with E-state index in [4.69, 9.17) is 14.5 Å². The Bertz CT molecular complexity index is 623. The van der Waals surface area contributed by atoms with Crippen LogP contribution in [0.4, 0.5) is 5.82 Å². The summed E-state index contributed by atoms with van der Waals surface area (Å²) in [6.45, 7) is 15.1. The van der Waals surface area contributed by atoms with Gasteiger partial charge < -0.3 is 25.0 Å². The van der Waals surface area contributed by atoms with Crippen LogP contribution in [0.15, 0.2) is 23.3 Å². The number of anilines is 1. The van der Waals surface area contributed by atoms with Gasteiger partial charge in [-0.05, 0) is 32.4 Å². The van der Waals surface area contributed by atoms with Gasteiger partial charge in [-0.1, -0.05) is 6.07 Å². The predicted molar refractivity (Wildman–Crippen MR) is 117 cm³/mol. The van der Waals surface area contributed by atoms with Crippen LogP contribution in [0, 0.1) is 0 Å². The molecule has 162 valence electrons. The second-order valence-electron chi connectivity index (χ2n) is 7.76. The summed E-state index contributed by atoms with van der Waals surface area (Å²) in [6.07, 6.45) is 2.40. The molecule has 0 aliphatic carbocycles. The highest BCUT2D eigenvalue weighted by molar-refractivity contribution is 5.79. The highest BCUT2D eigenvalue weighted by Crippen LogP contribution is 2.18. The molecule has 2 fully saturated rings. The van der Waals surface area contributed by atoms with E-state index in [0.29, 0.717) is 6.54 Å². The van der Waals surface area contributed by atoms with Gasteiger partial charge in [0.15, 0.2) is 5.96 Å². The van der Waals surface area contributed by atoms with E-state index < -0.39 is 0 Å². The standard InChI is InChI=1S/C21H36N6O2/c1-4-22-21(23-7-8-26-9-11-28-12-10-26)25-14-19-5-6-20(24-13-19)27-15-17(2)29-18(3)16-27/h5-6,13,17-18H,4,7-12,14-16H2,1-3H3,(H2,22,23,25). The Kier molecular flexibility index (Phi) is 8.52. The average molecular weight is 405 g/mol. The molecule has 0 radical (unpaired) electrons. The van der Waals surface area contributed by atoms with Crippen LogP contribution in [-0.4, -0.2) is 87.1 Å². The van der Waals surface area contributed by atoms with E-state index in [9.17, 15) is 0 Å². The highest BCUT2D eigenvalue weighted by atomic mass is 16.5. The second kappa shape index (κ2) is 11.3. The smallest absolute Gasteiger partial charge is 0.191 e. The molecule has 2 unspecified atom stereocenters. The summed E-state index contributed by atoms with van der Waals surface area (Å²) in [5.74, 6) is 1.86. The Labute approximate surface area is 174 Å². The van der Waals surface area contributed by atoms with Gasteiger partial charge in [0.2, 0.25) is 0 Å². The van der Waals surface area contributed by atoms with Crippen LogP contribution in [0.25, 0.3) is 0 Å². The lowest BCUT2D eigenvalue weighted by molar-refractivity contribution is -0.00545. The molecule has 8 heteroatoms. The molecule has 3 heterocycles. The molecule has 0 bridgehead atoms. The highest BCUT2D eigenvalue weighted by Gasteiger charge is 2.22. The van der Waals surface area contributed by atoms with Gasteiger partial charge in [0.25, 0.3) is 0 Å². The van der Waals surface area contributed by atoms with Gasteiger partial charge in [0.05, 0.1) is 32.0 Å². The third-order valence-corrected chi connectivity index (χ3v) is 5.14. The Morgan fingerprint density at radius 1 is 1.17 bits per heavy atom. The Morgan fingerprint density at radius 2 is 1.93 bits per heavy atom. The van der Waals surface area contributed by atoms with E-state index in [2.05, 4.69) is 58.3 Å². The van der Waals surface area contributed by atoms with E-state index >= 15 is 0 Å². The van der Waals surface area contributed by atoms with Crippen LogP contribution in [0.1, 0.15) is 26.3 Å². The van der Waals surface area contributed by atoms with E-state index in [1.165, 1.54) is 0 Å². The van der Waals surface area contributed by atoms with Crippen molar-refractivity contribution in [3.63, 3.8) is 0 Å². The normalized spacial score (nSPS) is 23.8. The van der Waals surface area contributed by atoms with Gasteiger partial charge >= 0.3 is 0 Å². The van der Waals surface area contributed by atoms with Crippen LogP contribution in [0.2, 0.25) is 0 Å². The summed E-state index contributed by atoms with van der Waals surface area (Å²) >= 11 is 0. The first-order valence-electron chi connectivity index (χ1n) is 10.8. The fraction of sp³-hybridized carbons (Fsp3) is 0.714. The summed E-state index contributed by atoms with van der Waals surface area (Å²) in [5.41, 5.74) is 1.11. The number of hydrogen-bond acceptors (Lipinski definition) is 6. The number of hydrogen-bond donors (Lipinski definition) is 2. The summed E-state index contributed by atoms with van der Waals surface area (Å²) in [7, 11) is 0. The van der Waals surface area contributed by atoms with Crippen LogP contribution in [0.3, 0.4) is 0 Å². The first kappa shape index (κ1) is 21.8. The number of nitrogens with zero attached hydrogens (tertiary/aromatic N) is 4. The molecule has 2 atom stereocenters. The molecule has 2 aliphatic rings. The number of aromatic nitrogens is 1. The summed E-state index contributed by atoms with van der Waals surface area (Å²) < 4.78 is 11.2. The monoisotopic (exact) mass is 404 g/mol. The van der Waals surface area contributed by atoms with Crippen molar-refractivity contribution in [3.05, 3.63) is 23.9 Å². The zero-order valence-electron chi connectivity index (χ0n) is 18.1. The second-order valence-corrected chi connectivity index (χ2v) is 7.76. The van der Waals surface area contributed by atoms with Gasteiger partial charge in [-0.2, -0.15) is 0 Å². The number of nitrogens with one attached hydrogen (secondary N) is 2. The quantitative estimate of drug-likeness (QED) is 0.520. The zero-order chi connectivity index (χ0) is 20.5. The molecule has 0 spiro atoms. The third kappa shape index (κ3) is 7.13. The van der Waals surface area contributed by atoms with Crippen LogP contribution >= 0.6 is 0 Å². The molecule has 2 aliphatic heterocycles. The summed E-state index contributed by atoms with van der Waals surface area (Å²) in [6, 6.07) is 4.21. The van der Waals surface area contributed by atoms with Crippen molar-refractivity contribution in [2.75, 3.05) is 63.9 Å². The Morgan fingerprint density at radius 3 is 2.59 bits per heavy atom. The molecule has 0 saturated carbocycles. The maximum atomic E-state index is 5.81. The zero-order valence-corrected chi connectivity index (χ0v) is 18.1. The van der Waals surface area contributed by atoms with Crippen molar-refractivity contribution in [3.8, 4) is 0 Å². The maximum Gasteiger partial charge on any atom is 0.191 e. The van der Waals surface area contributed by atoms with Crippen molar-refractivity contribution in [2.24, 2.45) is 4.99 Å². The molecular formula is C21H36N6O2. The molecule has 0 aromatic carbocycles. The molecule has 3 rings (SSSR count). The third-order valence-electron chi connectivity index (χ3n) is 5.14. The number of aliphatic imine (C=N–C) groups is 1. The van der Waals surface area contributed by atoms with Crippen molar-refractivity contribution >= 4 is 11.8 Å². The lowest BCUT2D eigenvalue weighted by atomic mass is 10.2. The topological polar surface area (TPSA) is 74.2 Å². The number of rotatable bonds is 7. The fourth-order valence-electron chi connectivity index (χ4n) is 3.73. The summed E-state index contributed by atoms with van der Waals surface area (Å²) in [5, 5.41) is 6.74. The molecule has 0 amide bonds. The first-order chi connectivity index (χ1) is 14.1.